The first kappa shape index (κ1) is 14.4. The van der Waals surface area contributed by atoms with E-state index in [1.54, 1.807) is 5.01 Å². The van der Waals surface area contributed by atoms with E-state index in [9.17, 15) is 4.79 Å². The molecule has 2 aliphatic rings. The summed E-state index contributed by atoms with van der Waals surface area (Å²) in [6, 6.07) is 16.7. The van der Waals surface area contributed by atoms with Gasteiger partial charge in [0.25, 0.3) is 0 Å². The second-order valence-corrected chi connectivity index (χ2v) is 6.34. The number of carbonyl (C=O) groups excluding carboxylic acids is 1. The predicted octanol–water partition coefficient (Wildman–Crippen LogP) is 2.54. The average molecular weight is 308 g/mol. The Labute approximate surface area is 135 Å². The molecule has 0 bridgehead atoms. The summed E-state index contributed by atoms with van der Waals surface area (Å²) in [4.78, 5) is 12.3. The van der Waals surface area contributed by atoms with Crippen LogP contribution in [0.1, 0.15) is 23.5 Å². The quantitative estimate of drug-likeness (QED) is 0.699. The summed E-state index contributed by atoms with van der Waals surface area (Å²) in [5, 5.41) is 1.69. The number of hydrogen-bond acceptors (Lipinski definition) is 4. The highest BCUT2D eigenvalue weighted by Gasteiger charge is 2.32. The Morgan fingerprint density at radius 2 is 1.70 bits per heavy atom. The maximum Gasteiger partial charge on any atom is 0.310 e. The summed E-state index contributed by atoms with van der Waals surface area (Å²) in [5.74, 6) is 5.64. The Hall–Kier alpha value is -2.17. The number of benzene rings is 2. The normalized spacial score (nSPS) is 20.3. The molecule has 1 fully saturated rings. The first-order valence-electron chi connectivity index (χ1n) is 8.08. The zero-order valence-electron chi connectivity index (χ0n) is 12.9. The first-order valence-corrected chi connectivity index (χ1v) is 8.08. The largest absolute Gasteiger partial charge is 0.464 e. The molecule has 2 aromatic rings. The summed E-state index contributed by atoms with van der Waals surface area (Å²) in [6.45, 7) is 1.75. The third kappa shape index (κ3) is 2.54. The number of nitrogens with two attached hydrogens (primary N) is 1. The van der Waals surface area contributed by atoms with Gasteiger partial charge in [0.2, 0.25) is 0 Å². The van der Waals surface area contributed by atoms with Crippen LogP contribution in [0, 0.1) is 5.92 Å². The Balaban J connectivity index is 1.54. The molecular weight excluding hydrogens is 288 g/mol. The molecule has 0 spiro atoms. The molecule has 4 rings (SSSR count). The van der Waals surface area contributed by atoms with Gasteiger partial charge in [0.05, 0.1) is 5.92 Å². The molecule has 1 aliphatic heterocycles. The van der Waals surface area contributed by atoms with Gasteiger partial charge in [0.1, 0.15) is 6.61 Å². The maximum absolute atomic E-state index is 12.3. The van der Waals surface area contributed by atoms with E-state index in [1.165, 1.54) is 22.3 Å². The van der Waals surface area contributed by atoms with Crippen molar-refractivity contribution >= 4 is 5.97 Å². The molecule has 0 unspecified atom stereocenters. The fourth-order valence-electron chi connectivity index (χ4n) is 3.70. The van der Waals surface area contributed by atoms with Crippen molar-refractivity contribution in [2.45, 2.75) is 12.3 Å². The lowest BCUT2D eigenvalue weighted by Crippen LogP contribution is -2.30. The number of nitrogens with zero attached hydrogens (tertiary/aromatic N) is 1. The van der Waals surface area contributed by atoms with Crippen LogP contribution in [-0.4, -0.2) is 30.7 Å². The summed E-state index contributed by atoms with van der Waals surface area (Å²) in [7, 11) is 0. The van der Waals surface area contributed by atoms with Gasteiger partial charge in [-0.2, -0.15) is 0 Å². The van der Waals surface area contributed by atoms with Gasteiger partial charge in [-0.1, -0.05) is 48.5 Å². The minimum Gasteiger partial charge on any atom is -0.464 e. The number of fused-ring (bicyclic) bond motifs is 3. The molecule has 118 valence electrons. The summed E-state index contributed by atoms with van der Waals surface area (Å²) in [6.07, 6.45) is 0.785. The zero-order chi connectivity index (χ0) is 15.8. The van der Waals surface area contributed by atoms with E-state index < -0.39 is 0 Å². The first-order chi connectivity index (χ1) is 11.2. The molecule has 4 nitrogen and oxygen atoms in total. The molecule has 23 heavy (non-hydrogen) atoms. The fourth-order valence-corrected chi connectivity index (χ4v) is 3.70. The molecule has 1 atom stereocenters. The van der Waals surface area contributed by atoms with Crippen molar-refractivity contribution in [3.05, 3.63) is 59.7 Å². The van der Waals surface area contributed by atoms with E-state index in [1.807, 2.05) is 12.1 Å². The molecular formula is C19H20N2O2. The Morgan fingerprint density at radius 3 is 2.26 bits per heavy atom. The molecule has 0 radical (unpaired) electrons. The van der Waals surface area contributed by atoms with Gasteiger partial charge < -0.3 is 4.74 Å². The van der Waals surface area contributed by atoms with Crippen LogP contribution >= 0.6 is 0 Å². The number of hydrogen-bond donors (Lipinski definition) is 1. The monoisotopic (exact) mass is 308 g/mol. The van der Waals surface area contributed by atoms with Crippen LogP contribution < -0.4 is 5.84 Å². The second-order valence-electron chi connectivity index (χ2n) is 6.34. The lowest BCUT2D eigenvalue weighted by molar-refractivity contribution is -0.148. The third-order valence-corrected chi connectivity index (χ3v) is 4.91. The fraction of sp³-hybridized carbons (Fsp3) is 0.316. The highest BCUT2D eigenvalue weighted by atomic mass is 16.5. The minimum atomic E-state index is -0.125. The number of esters is 1. The summed E-state index contributed by atoms with van der Waals surface area (Å²) >= 11 is 0. The molecule has 2 N–H and O–H groups in total. The van der Waals surface area contributed by atoms with Gasteiger partial charge in [-0.3, -0.25) is 10.6 Å². The average Bonchev–Trinajstić information content (AvgIpc) is 3.15. The van der Waals surface area contributed by atoms with Crippen LogP contribution in [0.25, 0.3) is 11.1 Å². The second kappa shape index (κ2) is 5.80. The van der Waals surface area contributed by atoms with Gasteiger partial charge in [-0.15, -0.1) is 0 Å². The Kier molecular flexibility index (Phi) is 3.63. The van der Waals surface area contributed by atoms with Gasteiger partial charge in [-0.25, -0.2) is 5.01 Å². The standard InChI is InChI=1S/C19H20N2O2/c20-21-10-9-13(11-21)19(22)23-12-18-16-7-3-1-5-14(16)15-6-2-4-8-17(15)18/h1-8,13,18H,9-12,20H2/t13-/m0/s1. The molecule has 1 aliphatic carbocycles. The number of rotatable bonds is 3. The topological polar surface area (TPSA) is 55.6 Å². The van der Waals surface area contributed by atoms with E-state index in [0.29, 0.717) is 13.2 Å². The van der Waals surface area contributed by atoms with Crippen molar-refractivity contribution in [3.8, 4) is 11.1 Å². The lowest BCUT2D eigenvalue weighted by atomic mass is 9.98. The summed E-state index contributed by atoms with van der Waals surface area (Å²) < 4.78 is 5.65. The lowest BCUT2D eigenvalue weighted by Gasteiger charge is -2.16. The highest BCUT2D eigenvalue weighted by Crippen LogP contribution is 2.44. The minimum absolute atomic E-state index is 0.0908. The van der Waals surface area contributed by atoms with Crippen LogP contribution in [0.5, 0.6) is 0 Å². The third-order valence-electron chi connectivity index (χ3n) is 4.91. The van der Waals surface area contributed by atoms with Gasteiger partial charge in [0, 0.05) is 19.0 Å². The number of hydrazine groups is 1. The van der Waals surface area contributed by atoms with Crippen molar-refractivity contribution in [3.63, 3.8) is 0 Å². The van der Waals surface area contributed by atoms with Crippen molar-refractivity contribution in [2.24, 2.45) is 11.8 Å². The van der Waals surface area contributed by atoms with Crippen molar-refractivity contribution < 1.29 is 9.53 Å². The van der Waals surface area contributed by atoms with Gasteiger partial charge in [0.15, 0.2) is 0 Å². The van der Waals surface area contributed by atoms with E-state index in [4.69, 9.17) is 10.6 Å². The SMILES string of the molecule is NN1CC[C@H](C(=O)OCC2c3ccccc3-c3ccccc32)C1. The van der Waals surface area contributed by atoms with Crippen LogP contribution in [0.2, 0.25) is 0 Å². The number of carbonyl (C=O) groups is 1. The molecule has 0 saturated carbocycles. The van der Waals surface area contributed by atoms with Crippen molar-refractivity contribution in [1.29, 1.82) is 0 Å². The molecule has 1 heterocycles. The van der Waals surface area contributed by atoms with Crippen molar-refractivity contribution in [2.75, 3.05) is 19.7 Å². The predicted molar refractivity (Wildman–Crippen MR) is 88.5 cm³/mol. The van der Waals surface area contributed by atoms with Crippen LogP contribution in [0.4, 0.5) is 0 Å². The summed E-state index contributed by atoms with van der Waals surface area (Å²) in [5.41, 5.74) is 4.98. The Morgan fingerprint density at radius 1 is 1.09 bits per heavy atom. The van der Waals surface area contributed by atoms with E-state index >= 15 is 0 Å². The zero-order valence-corrected chi connectivity index (χ0v) is 12.9. The maximum atomic E-state index is 12.3. The van der Waals surface area contributed by atoms with Crippen LogP contribution in [0.3, 0.4) is 0 Å². The van der Waals surface area contributed by atoms with Crippen LogP contribution in [-0.2, 0) is 9.53 Å². The smallest absolute Gasteiger partial charge is 0.310 e. The van der Waals surface area contributed by atoms with Crippen molar-refractivity contribution in [1.82, 2.24) is 5.01 Å². The molecule has 1 saturated heterocycles. The molecule has 4 heteroatoms. The van der Waals surface area contributed by atoms with E-state index in [0.717, 1.165) is 13.0 Å². The van der Waals surface area contributed by atoms with Gasteiger partial charge in [-0.05, 0) is 28.7 Å². The Bertz CT molecular complexity index is 698. The van der Waals surface area contributed by atoms with Gasteiger partial charge >= 0.3 is 5.97 Å². The van der Waals surface area contributed by atoms with E-state index in [-0.39, 0.29) is 17.8 Å². The number of ether oxygens (including phenoxy) is 1. The highest BCUT2D eigenvalue weighted by molar-refractivity contribution is 5.79. The van der Waals surface area contributed by atoms with Crippen LogP contribution in [0.15, 0.2) is 48.5 Å². The molecule has 0 aromatic heterocycles. The van der Waals surface area contributed by atoms with E-state index in [2.05, 4.69) is 36.4 Å². The molecule has 0 amide bonds. The molecule has 2 aromatic carbocycles.